The fraction of sp³-hybridized carbons (Fsp3) is 0.500. The first kappa shape index (κ1) is 13.8. The van der Waals surface area contributed by atoms with Gasteiger partial charge in [0.2, 0.25) is 0 Å². The molecule has 0 radical (unpaired) electrons. The molecule has 0 aliphatic carbocycles. The van der Waals surface area contributed by atoms with E-state index < -0.39 is 6.36 Å². The molecular formula is C12H16F3NO. The SMILES string of the molecule is CNC(C)CCc1ccc(OC(F)(F)F)cc1. The van der Waals surface area contributed by atoms with E-state index in [1.54, 1.807) is 12.1 Å². The molecule has 5 heteroatoms. The van der Waals surface area contributed by atoms with Gasteiger partial charge in [-0.1, -0.05) is 12.1 Å². The minimum absolute atomic E-state index is 0.178. The Morgan fingerprint density at radius 2 is 1.82 bits per heavy atom. The quantitative estimate of drug-likeness (QED) is 0.863. The molecule has 0 amide bonds. The summed E-state index contributed by atoms with van der Waals surface area (Å²) in [4.78, 5) is 0. The summed E-state index contributed by atoms with van der Waals surface area (Å²) >= 11 is 0. The molecule has 1 rings (SSSR count). The average Bonchev–Trinajstić information content (AvgIpc) is 2.25. The van der Waals surface area contributed by atoms with Crippen molar-refractivity contribution in [2.24, 2.45) is 0 Å². The molecule has 0 spiro atoms. The maximum Gasteiger partial charge on any atom is 0.573 e. The molecule has 96 valence electrons. The number of ether oxygens (including phenoxy) is 1. The van der Waals surface area contributed by atoms with Crippen molar-refractivity contribution in [3.8, 4) is 5.75 Å². The Bertz CT molecular complexity index is 335. The largest absolute Gasteiger partial charge is 0.573 e. The summed E-state index contributed by atoms with van der Waals surface area (Å²) in [6.07, 6.45) is -2.85. The van der Waals surface area contributed by atoms with E-state index in [4.69, 9.17) is 0 Å². The standard InChI is InChI=1S/C12H16F3NO/c1-9(16-2)3-4-10-5-7-11(8-6-10)17-12(13,14)15/h5-9,16H,3-4H2,1-2H3. The summed E-state index contributed by atoms with van der Waals surface area (Å²) < 4.78 is 39.5. The Morgan fingerprint density at radius 1 is 1.24 bits per heavy atom. The lowest BCUT2D eigenvalue weighted by Crippen LogP contribution is -2.21. The van der Waals surface area contributed by atoms with Gasteiger partial charge in [-0.15, -0.1) is 13.2 Å². The zero-order valence-electron chi connectivity index (χ0n) is 9.84. The minimum atomic E-state index is -4.62. The van der Waals surface area contributed by atoms with Crippen molar-refractivity contribution in [2.45, 2.75) is 32.2 Å². The number of benzene rings is 1. The summed E-state index contributed by atoms with van der Waals surface area (Å²) in [5, 5.41) is 3.10. The minimum Gasteiger partial charge on any atom is -0.406 e. The number of halogens is 3. The van der Waals surface area contributed by atoms with Crippen LogP contribution in [0.15, 0.2) is 24.3 Å². The molecule has 1 N–H and O–H groups in total. The molecular weight excluding hydrogens is 231 g/mol. The monoisotopic (exact) mass is 247 g/mol. The molecule has 0 bridgehead atoms. The molecule has 2 nitrogen and oxygen atoms in total. The lowest BCUT2D eigenvalue weighted by molar-refractivity contribution is -0.274. The highest BCUT2D eigenvalue weighted by atomic mass is 19.4. The van der Waals surface area contributed by atoms with Crippen molar-refractivity contribution in [1.29, 1.82) is 0 Å². The van der Waals surface area contributed by atoms with Crippen molar-refractivity contribution in [1.82, 2.24) is 5.32 Å². The van der Waals surface area contributed by atoms with Crippen molar-refractivity contribution >= 4 is 0 Å². The first-order chi connectivity index (χ1) is 7.90. The summed E-state index contributed by atoms with van der Waals surface area (Å²) in [5.74, 6) is -0.178. The third-order valence-corrected chi connectivity index (χ3v) is 2.52. The second-order valence-electron chi connectivity index (χ2n) is 3.92. The van der Waals surface area contributed by atoms with Crippen LogP contribution >= 0.6 is 0 Å². The molecule has 1 atom stereocenters. The lowest BCUT2D eigenvalue weighted by Gasteiger charge is -2.11. The normalized spacial score (nSPS) is 13.5. The molecule has 1 aromatic rings. The highest BCUT2D eigenvalue weighted by Crippen LogP contribution is 2.23. The smallest absolute Gasteiger partial charge is 0.406 e. The Balaban J connectivity index is 2.50. The zero-order valence-corrected chi connectivity index (χ0v) is 9.84. The molecule has 1 unspecified atom stereocenters. The van der Waals surface area contributed by atoms with Gasteiger partial charge >= 0.3 is 6.36 Å². The highest BCUT2D eigenvalue weighted by Gasteiger charge is 2.30. The van der Waals surface area contributed by atoms with Gasteiger partial charge in [0.1, 0.15) is 5.75 Å². The van der Waals surface area contributed by atoms with E-state index in [1.807, 2.05) is 7.05 Å². The van der Waals surface area contributed by atoms with Crippen LogP contribution in [0, 0.1) is 0 Å². The fourth-order valence-electron chi connectivity index (χ4n) is 1.39. The van der Waals surface area contributed by atoms with Crippen molar-refractivity contribution < 1.29 is 17.9 Å². The zero-order chi connectivity index (χ0) is 12.9. The van der Waals surface area contributed by atoms with Crippen LogP contribution in [0.2, 0.25) is 0 Å². The first-order valence-corrected chi connectivity index (χ1v) is 5.42. The van der Waals surface area contributed by atoms with Crippen LogP contribution < -0.4 is 10.1 Å². The van der Waals surface area contributed by atoms with Gasteiger partial charge < -0.3 is 10.1 Å². The van der Waals surface area contributed by atoms with Crippen LogP contribution in [0.3, 0.4) is 0 Å². The van der Waals surface area contributed by atoms with Crippen molar-refractivity contribution in [3.63, 3.8) is 0 Å². The summed E-state index contributed by atoms with van der Waals surface area (Å²) in [7, 11) is 1.88. The van der Waals surface area contributed by atoms with Crippen LogP contribution in [0.25, 0.3) is 0 Å². The predicted octanol–water partition coefficient (Wildman–Crippen LogP) is 3.13. The van der Waals surface area contributed by atoms with Gasteiger partial charge in [-0.3, -0.25) is 0 Å². The van der Waals surface area contributed by atoms with E-state index in [-0.39, 0.29) is 5.75 Å². The van der Waals surface area contributed by atoms with Crippen molar-refractivity contribution in [2.75, 3.05) is 7.05 Å². The fourth-order valence-corrected chi connectivity index (χ4v) is 1.39. The van der Waals surface area contributed by atoms with E-state index in [9.17, 15) is 13.2 Å². The van der Waals surface area contributed by atoms with E-state index in [0.29, 0.717) is 6.04 Å². The molecule has 17 heavy (non-hydrogen) atoms. The van der Waals surface area contributed by atoms with Gasteiger partial charge in [-0.25, -0.2) is 0 Å². The molecule has 0 aliphatic heterocycles. The number of rotatable bonds is 5. The molecule has 0 aromatic heterocycles. The van der Waals surface area contributed by atoms with E-state index in [1.165, 1.54) is 12.1 Å². The first-order valence-electron chi connectivity index (χ1n) is 5.42. The van der Waals surface area contributed by atoms with Gasteiger partial charge in [0.15, 0.2) is 0 Å². The third kappa shape index (κ3) is 5.58. The highest BCUT2D eigenvalue weighted by molar-refractivity contribution is 5.27. The van der Waals surface area contributed by atoms with Gasteiger partial charge in [-0.2, -0.15) is 0 Å². The van der Waals surface area contributed by atoms with E-state index in [2.05, 4.69) is 17.0 Å². The average molecular weight is 247 g/mol. The Morgan fingerprint density at radius 3 is 2.29 bits per heavy atom. The maximum atomic E-state index is 11.9. The van der Waals surface area contributed by atoms with Crippen LogP contribution in [0.5, 0.6) is 5.75 Å². The summed E-state index contributed by atoms with van der Waals surface area (Å²) in [6.45, 7) is 2.06. The van der Waals surface area contributed by atoms with Gasteiger partial charge in [0.05, 0.1) is 0 Å². The summed E-state index contributed by atoms with van der Waals surface area (Å²) in [5.41, 5.74) is 1.00. The second kappa shape index (κ2) is 5.91. The third-order valence-electron chi connectivity index (χ3n) is 2.52. The molecule has 0 saturated heterocycles. The van der Waals surface area contributed by atoms with Gasteiger partial charge in [-0.05, 0) is 44.5 Å². The molecule has 0 aliphatic rings. The topological polar surface area (TPSA) is 21.3 Å². The van der Waals surface area contributed by atoms with E-state index >= 15 is 0 Å². The predicted molar refractivity (Wildman–Crippen MR) is 60.0 cm³/mol. The number of nitrogens with one attached hydrogen (secondary N) is 1. The molecule has 0 fully saturated rings. The molecule has 0 heterocycles. The van der Waals surface area contributed by atoms with E-state index in [0.717, 1.165) is 18.4 Å². The Hall–Kier alpha value is -1.23. The van der Waals surface area contributed by atoms with Gasteiger partial charge in [0.25, 0.3) is 0 Å². The van der Waals surface area contributed by atoms with Crippen molar-refractivity contribution in [3.05, 3.63) is 29.8 Å². The number of hydrogen-bond donors (Lipinski definition) is 1. The van der Waals surface area contributed by atoms with Gasteiger partial charge in [0, 0.05) is 6.04 Å². The van der Waals surface area contributed by atoms with Crippen LogP contribution in [0.4, 0.5) is 13.2 Å². The second-order valence-corrected chi connectivity index (χ2v) is 3.92. The number of hydrogen-bond acceptors (Lipinski definition) is 2. The number of aryl methyl sites for hydroxylation is 1. The summed E-state index contributed by atoms with van der Waals surface area (Å²) in [6, 6.07) is 6.38. The maximum absolute atomic E-state index is 11.9. The van der Waals surface area contributed by atoms with Crippen LogP contribution in [0.1, 0.15) is 18.9 Å². The Kier molecular flexibility index (Phi) is 4.81. The van der Waals surface area contributed by atoms with Crippen LogP contribution in [-0.4, -0.2) is 19.5 Å². The molecule has 1 aromatic carbocycles. The lowest BCUT2D eigenvalue weighted by atomic mass is 10.1. The molecule has 0 saturated carbocycles. The number of alkyl halides is 3. The van der Waals surface area contributed by atoms with Crippen LogP contribution in [-0.2, 0) is 6.42 Å². The Labute approximate surface area is 98.8 Å².